The Balaban J connectivity index is 3.79. The van der Waals surface area contributed by atoms with Crippen LogP contribution in [0.2, 0.25) is 6.04 Å². The summed E-state index contributed by atoms with van der Waals surface area (Å²) >= 11 is 0. The Hall–Kier alpha value is 0.0969. The summed E-state index contributed by atoms with van der Waals surface area (Å²) in [4.78, 5) is 0. The fourth-order valence-corrected chi connectivity index (χ4v) is 6.58. The van der Waals surface area contributed by atoms with Crippen LogP contribution in [-0.4, -0.2) is 28.6 Å². The highest BCUT2D eigenvalue weighted by Gasteiger charge is 2.44. The summed E-state index contributed by atoms with van der Waals surface area (Å²) in [5.41, 5.74) is -0.0786. The predicted octanol–water partition coefficient (Wildman–Crippen LogP) is 9.07. The molecule has 0 fully saturated rings. The van der Waals surface area contributed by atoms with Crippen molar-refractivity contribution in [2.24, 2.45) is 0 Å². The molecule has 0 aromatic rings. The van der Waals surface area contributed by atoms with Crippen LogP contribution >= 0.6 is 0 Å². The fourth-order valence-electron chi connectivity index (χ4n) is 4.47. The molecule has 0 aromatic carbocycles. The summed E-state index contributed by atoms with van der Waals surface area (Å²) in [5.74, 6) is 0. The molecule has 0 radical (unpaired) electrons. The zero-order valence-electron chi connectivity index (χ0n) is 21.7. The van der Waals surface area contributed by atoms with Crippen LogP contribution in [0.15, 0.2) is 0 Å². The van der Waals surface area contributed by atoms with Gasteiger partial charge in [0.05, 0.1) is 5.60 Å². The highest BCUT2D eigenvalue weighted by atomic mass is 28.4. The van der Waals surface area contributed by atoms with E-state index in [1.54, 1.807) is 14.2 Å². The summed E-state index contributed by atoms with van der Waals surface area (Å²) in [5, 5.41) is 0. The van der Waals surface area contributed by atoms with Gasteiger partial charge in [-0.15, -0.1) is 0 Å². The van der Waals surface area contributed by atoms with Crippen molar-refractivity contribution in [2.75, 3.05) is 14.2 Å². The van der Waals surface area contributed by atoms with Crippen LogP contribution in [0.5, 0.6) is 0 Å². The Labute approximate surface area is 191 Å². The van der Waals surface area contributed by atoms with Crippen LogP contribution in [0.25, 0.3) is 0 Å². The second kappa shape index (κ2) is 19.8. The van der Waals surface area contributed by atoms with Gasteiger partial charge >= 0.3 is 8.80 Å². The van der Waals surface area contributed by atoms with Gasteiger partial charge in [0.1, 0.15) is 0 Å². The second-order valence-electron chi connectivity index (χ2n) is 9.14. The lowest BCUT2D eigenvalue weighted by Gasteiger charge is -2.39. The van der Waals surface area contributed by atoms with Gasteiger partial charge in [0.15, 0.2) is 0 Å². The molecular formula is C26H56O3Si. The first-order valence-electron chi connectivity index (χ1n) is 13.4. The van der Waals surface area contributed by atoms with Crippen molar-refractivity contribution in [1.29, 1.82) is 0 Å². The van der Waals surface area contributed by atoms with Gasteiger partial charge in [-0.2, -0.15) is 0 Å². The first-order valence-corrected chi connectivity index (χ1v) is 15.3. The Kier molecular flexibility index (Phi) is 19.8. The number of unbranched alkanes of at least 4 members (excludes halogenated alkanes) is 14. The highest BCUT2D eigenvalue weighted by Crippen LogP contribution is 2.33. The zero-order chi connectivity index (χ0) is 22.6. The number of hydrogen-bond acceptors (Lipinski definition) is 3. The van der Waals surface area contributed by atoms with E-state index in [0.29, 0.717) is 0 Å². The molecule has 0 aliphatic rings. The molecule has 0 spiro atoms. The lowest BCUT2D eigenvalue weighted by atomic mass is 9.90. The van der Waals surface area contributed by atoms with Crippen molar-refractivity contribution in [3.05, 3.63) is 0 Å². The van der Waals surface area contributed by atoms with E-state index < -0.39 is 8.80 Å². The van der Waals surface area contributed by atoms with E-state index in [9.17, 15) is 0 Å². The number of rotatable bonds is 23. The lowest BCUT2D eigenvalue weighted by Crippen LogP contribution is -2.51. The first kappa shape index (κ1) is 30.1. The van der Waals surface area contributed by atoms with Gasteiger partial charge in [-0.3, -0.25) is 0 Å². The summed E-state index contributed by atoms with van der Waals surface area (Å²) in [6.45, 7) is 8.90. The molecule has 0 atom stereocenters. The van der Waals surface area contributed by atoms with E-state index in [1.807, 2.05) is 0 Å². The van der Waals surface area contributed by atoms with E-state index in [4.69, 9.17) is 13.3 Å². The van der Waals surface area contributed by atoms with Crippen molar-refractivity contribution in [1.82, 2.24) is 0 Å². The SMILES string of the molecule is CCCCCCCCCCCCCCCCCC(CC)(CC)O[Si](CC)(OC)OC. The highest BCUT2D eigenvalue weighted by molar-refractivity contribution is 6.60. The van der Waals surface area contributed by atoms with Crippen LogP contribution in [0.1, 0.15) is 143 Å². The summed E-state index contributed by atoms with van der Waals surface area (Å²) in [6.07, 6.45) is 24.3. The van der Waals surface area contributed by atoms with Gasteiger partial charge in [-0.1, -0.05) is 124 Å². The minimum atomic E-state index is -2.50. The molecule has 0 aliphatic carbocycles. The van der Waals surface area contributed by atoms with E-state index in [2.05, 4.69) is 27.7 Å². The molecule has 182 valence electrons. The van der Waals surface area contributed by atoms with Crippen LogP contribution in [0, 0.1) is 0 Å². The van der Waals surface area contributed by atoms with Crippen molar-refractivity contribution in [2.45, 2.75) is 155 Å². The average Bonchev–Trinajstić information content (AvgIpc) is 2.79. The molecule has 30 heavy (non-hydrogen) atoms. The molecule has 0 amide bonds. The number of hydrogen-bond donors (Lipinski definition) is 0. The van der Waals surface area contributed by atoms with E-state index in [0.717, 1.165) is 25.3 Å². The molecule has 0 aliphatic heterocycles. The van der Waals surface area contributed by atoms with Gasteiger partial charge in [-0.05, 0) is 19.3 Å². The van der Waals surface area contributed by atoms with Gasteiger partial charge < -0.3 is 13.3 Å². The average molecular weight is 445 g/mol. The fraction of sp³-hybridized carbons (Fsp3) is 1.00. The third kappa shape index (κ3) is 13.5. The van der Waals surface area contributed by atoms with E-state index in [-0.39, 0.29) is 5.60 Å². The Bertz CT molecular complexity index is 346. The van der Waals surface area contributed by atoms with Crippen molar-refractivity contribution in [3.8, 4) is 0 Å². The van der Waals surface area contributed by atoms with Crippen molar-refractivity contribution < 1.29 is 13.3 Å². The molecular weight excluding hydrogens is 388 g/mol. The maximum atomic E-state index is 6.59. The Morgan fingerprint density at radius 3 is 1.20 bits per heavy atom. The second-order valence-corrected chi connectivity index (χ2v) is 12.2. The molecule has 0 rings (SSSR count). The Morgan fingerprint density at radius 1 is 0.533 bits per heavy atom. The first-order chi connectivity index (χ1) is 14.6. The molecule has 4 heteroatoms. The molecule has 0 saturated heterocycles. The maximum Gasteiger partial charge on any atom is 0.500 e. The summed E-state index contributed by atoms with van der Waals surface area (Å²) in [6, 6.07) is 0.834. The monoisotopic (exact) mass is 444 g/mol. The summed E-state index contributed by atoms with van der Waals surface area (Å²) in [7, 11) is 0.974. The van der Waals surface area contributed by atoms with Crippen molar-refractivity contribution >= 4 is 8.80 Å². The smallest absolute Gasteiger partial charge is 0.377 e. The summed E-state index contributed by atoms with van der Waals surface area (Å²) < 4.78 is 18.0. The lowest BCUT2D eigenvalue weighted by molar-refractivity contribution is -0.0294. The molecule has 0 unspecified atom stereocenters. The largest absolute Gasteiger partial charge is 0.500 e. The quantitative estimate of drug-likeness (QED) is 0.116. The molecule has 0 saturated carbocycles. The van der Waals surface area contributed by atoms with Crippen LogP contribution in [0.4, 0.5) is 0 Å². The van der Waals surface area contributed by atoms with Gasteiger partial charge in [0, 0.05) is 20.3 Å². The van der Waals surface area contributed by atoms with Gasteiger partial charge in [0.25, 0.3) is 0 Å². The van der Waals surface area contributed by atoms with Crippen LogP contribution in [0.3, 0.4) is 0 Å². The zero-order valence-corrected chi connectivity index (χ0v) is 22.7. The Morgan fingerprint density at radius 2 is 0.900 bits per heavy atom. The third-order valence-corrected chi connectivity index (χ3v) is 9.81. The van der Waals surface area contributed by atoms with E-state index in [1.165, 1.54) is 96.3 Å². The molecule has 3 nitrogen and oxygen atoms in total. The van der Waals surface area contributed by atoms with Gasteiger partial charge in [0.2, 0.25) is 0 Å². The predicted molar refractivity (Wildman–Crippen MR) is 134 cm³/mol. The van der Waals surface area contributed by atoms with E-state index >= 15 is 0 Å². The molecule has 0 aromatic heterocycles. The minimum Gasteiger partial charge on any atom is -0.377 e. The molecule has 0 N–H and O–H groups in total. The van der Waals surface area contributed by atoms with Crippen molar-refractivity contribution in [3.63, 3.8) is 0 Å². The molecule has 0 heterocycles. The third-order valence-electron chi connectivity index (χ3n) is 6.95. The van der Waals surface area contributed by atoms with Crippen LogP contribution < -0.4 is 0 Å². The topological polar surface area (TPSA) is 27.7 Å². The maximum absolute atomic E-state index is 6.59. The normalized spacial score (nSPS) is 12.6. The van der Waals surface area contributed by atoms with Gasteiger partial charge in [-0.25, -0.2) is 0 Å². The standard InChI is InChI=1S/C26H56O3Si/c1-7-11-12-13-14-15-16-17-18-19-20-21-22-23-24-25-26(8-2,9-3)29-30(10-4,27-5)28-6/h7-25H2,1-6H3. The van der Waals surface area contributed by atoms with Crippen LogP contribution in [-0.2, 0) is 13.3 Å². The minimum absolute atomic E-state index is 0.0786. The molecule has 0 bridgehead atoms.